The van der Waals surface area contributed by atoms with E-state index in [0.29, 0.717) is 23.7 Å². The van der Waals surface area contributed by atoms with Crippen molar-refractivity contribution in [3.8, 4) is 17.2 Å². The summed E-state index contributed by atoms with van der Waals surface area (Å²) < 4.78 is 0. The van der Waals surface area contributed by atoms with Crippen molar-refractivity contribution in [3.05, 3.63) is 51.5 Å². The quantitative estimate of drug-likeness (QED) is 0.660. The Hall–Kier alpha value is -2.64. The van der Waals surface area contributed by atoms with Crippen molar-refractivity contribution in [2.75, 3.05) is 26.2 Å². The summed E-state index contributed by atoms with van der Waals surface area (Å²) >= 11 is 11.9. The number of carbonyl (C=O) groups is 2. The molecule has 9 heteroatoms. The predicted octanol–water partition coefficient (Wildman–Crippen LogP) is 2.71. The Bertz CT molecular complexity index is 888. The van der Waals surface area contributed by atoms with Gasteiger partial charge >= 0.3 is 0 Å². The number of carbonyl (C=O) groups excluding carboxylic acids is 2. The van der Waals surface area contributed by atoms with Crippen LogP contribution in [0.1, 0.15) is 20.7 Å². The molecule has 0 atom stereocenters. The zero-order valence-corrected chi connectivity index (χ0v) is 15.5. The molecule has 1 fully saturated rings. The number of hydrogen-bond acceptors (Lipinski definition) is 5. The molecule has 2 aromatic carbocycles. The van der Waals surface area contributed by atoms with E-state index < -0.39 is 23.2 Å². The van der Waals surface area contributed by atoms with Crippen LogP contribution in [-0.2, 0) is 0 Å². The Balaban J connectivity index is 1.68. The second-order valence-electron chi connectivity index (χ2n) is 6.07. The van der Waals surface area contributed by atoms with Crippen LogP contribution in [0.25, 0.3) is 0 Å². The number of phenolic OH excluding ortho intramolecular Hbond substituents is 3. The van der Waals surface area contributed by atoms with E-state index in [1.807, 2.05) is 0 Å². The van der Waals surface area contributed by atoms with Gasteiger partial charge in [0.1, 0.15) is 0 Å². The smallest absolute Gasteiger partial charge is 0.255 e. The molecular weight excluding hydrogens is 395 g/mol. The van der Waals surface area contributed by atoms with Gasteiger partial charge in [0.05, 0.1) is 10.6 Å². The van der Waals surface area contributed by atoms with E-state index in [1.54, 1.807) is 17.0 Å². The minimum absolute atomic E-state index is 0.0447. The second kappa shape index (κ2) is 7.54. The van der Waals surface area contributed by atoms with E-state index >= 15 is 0 Å². The molecule has 0 aromatic heterocycles. The van der Waals surface area contributed by atoms with E-state index in [-0.39, 0.29) is 29.6 Å². The molecular formula is C18H16Cl2N2O5. The summed E-state index contributed by atoms with van der Waals surface area (Å²) in [4.78, 5) is 28.2. The lowest BCUT2D eigenvalue weighted by Gasteiger charge is -2.35. The minimum Gasteiger partial charge on any atom is -0.504 e. The molecule has 3 rings (SSSR count). The summed E-state index contributed by atoms with van der Waals surface area (Å²) in [5.74, 6) is -2.50. The molecule has 1 saturated heterocycles. The van der Waals surface area contributed by atoms with Crippen LogP contribution in [0, 0.1) is 0 Å². The summed E-state index contributed by atoms with van der Waals surface area (Å²) in [6.07, 6.45) is 0. The summed E-state index contributed by atoms with van der Waals surface area (Å²) in [5.41, 5.74) is 0.387. The van der Waals surface area contributed by atoms with Gasteiger partial charge in [-0.05, 0) is 30.3 Å². The molecule has 1 aliphatic heterocycles. The van der Waals surface area contributed by atoms with Crippen molar-refractivity contribution in [3.63, 3.8) is 0 Å². The third kappa shape index (κ3) is 3.89. The lowest BCUT2D eigenvalue weighted by Crippen LogP contribution is -2.50. The summed E-state index contributed by atoms with van der Waals surface area (Å²) in [5, 5.41) is 29.2. The Kier molecular flexibility index (Phi) is 5.34. The van der Waals surface area contributed by atoms with Gasteiger partial charge in [0.15, 0.2) is 17.2 Å². The predicted molar refractivity (Wildman–Crippen MR) is 99.7 cm³/mol. The monoisotopic (exact) mass is 410 g/mol. The highest BCUT2D eigenvalue weighted by Gasteiger charge is 2.27. The standard InChI is InChI=1S/C18H16Cl2N2O5/c19-11-1-2-12(13(20)9-11)18(27)22-5-3-21(4-6-22)17(26)10-7-14(23)16(25)15(24)8-10/h1-2,7-9,23-25H,3-6H2. The molecule has 3 N–H and O–H groups in total. The average Bonchev–Trinajstić information content (AvgIpc) is 2.65. The Morgan fingerprint density at radius 3 is 1.85 bits per heavy atom. The number of nitrogens with zero attached hydrogens (tertiary/aromatic N) is 2. The van der Waals surface area contributed by atoms with E-state index in [2.05, 4.69) is 0 Å². The van der Waals surface area contributed by atoms with Crippen LogP contribution in [-0.4, -0.2) is 63.1 Å². The van der Waals surface area contributed by atoms with Gasteiger partial charge in [-0.3, -0.25) is 9.59 Å². The van der Waals surface area contributed by atoms with E-state index in [9.17, 15) is 24.9 Å². The molecule has 0 spiro atoms. The van der Waals surface area contributed by atoms with Gasteiger partial charge in [-0.25, -0.2) is 0 Å². The minimum atomic E-state index is -0.679. The third-order valence-electron chi connectivity index (χ3n) is 4.33. The van der Waals surface area contributed by atoms with Crippen molar-refractivity contribution in [1.82, 2.24) is 9.80 Å². The number of rotatable bonds is 2. The molecule has 0 radical (unpaired) electrons. The van der Waals surface area contributed by atoms with Gasteiger partial charge < -0.3 is 25.1 Å². The van der Waals surface area contributed by atoms with E-state index in [0.717, 1.165) is 12.1 Å². The van der Waals surface area contributed by atoms with Gasteiger partial charge in [-0.15, -0.1) is 0 Å². The number of amides is 2. The van der Waals surface area contributed by atoms with Crippen LogP contribution < -0.4 is 0 Å². The zero-order chi connectivity index (χ0) is 19.7. The molecule has 142 valence electrons. The Morgan fingerprint density at radius 2 is 1.33 bits per heavy atom. The lowest BCUT2D eigenvalue weighted by molar-refractivity contribution is 0.0535. The molecule has 1 heterocycles. The number of phenols is 3. The van der Waals surface area contributed by atoms with Crippen LogP contribution in [0.15, 0.2) is 30.3 Å². The first-order valence-corrected chi connectivity index (χ1v) is 8.82. The largest absolute Gasteiger partial charge is 0.504 e. The van der Waals surface area contributed by atoms with E-state index in [4.69, 9.17) is 23.2 Å². The van der Waals surface area contributed by atoms with Gasteiger partial charge in [0.2, 0.25) is 0 Å². The molecule has 1 aliphatic rings. The molecule has 7 nitrogen and oxygen atoms in total. The number of hydrogen-bond donors (Lipinski definition) is 3. The fourth-order valence-electron chi connectivity index (χ4n) is 2.86. The van der Waals surface area contributed by atoms with E-state index in [1.165, 1.54) is 11.0 Å². The van der Waals surface area contributed by atoms with Crippen molar-refractivity contribution in [1.29, 1.82) is 0 Å². The fourth-order valence-corrected chi connectivity index (χ4v) is 3.35. The maximum Gasteiger partial charge on any atom is 0.255 e. The highest BCUT2D eigenvalue weighted by molar-refractivity contribution is 6.36. The van der Waals surface area contributed by atoms with Crippen LogP contribution in [0.3, 0.4) is 0 Å². The molecule has 0 bridgehead atoms. The normalized spacial score (nSPS) is 14.3. The number of aromatic hydroxyl groups is 3. The average molecular weight is 411 g/mol. The molecule has 0 unspecified atom stereocenters. The molecule has 2 amide bonds. The summed E-state index contributed by atoms with van der Waals surface area (Å²) in [7, 11) is 0. The summed E-state index contributed by atoms with van der Waals surface area (Å²) in [6, 6.07) is 6.82. The second-order valence-corrected chi connectivity index (χ2v) is 6.92. The SMILES string of the molecule is O=C(c1cc(O)c(O)c(O)c1)N1CCN(C(=O)c2ccc(Cl)cc2Cl)CC1. The van der Waals surface area contributed by atoms with Gasteiger partial charge in [0.25, 0.3) is 11.8 Å². The van der Waals surface area contributed by atoms with Gasteiger partial charge in [-0.1, -0.05) is 23.2 Å². The van der Waals surface area contributed by atoms with Gasteiger partial charge in [0, 0.05) is 36.8 Å². The van der Waals surface area contributed by atoms with Crippen molar-refractivity contribution < 1.29 is 24.9 Å². The molecule has 0 saturated carbocycles. The number of halogens is 2. The zero-order valence-electron chi connectivity index (χ0n) is 14.0. The lowest BCUT2D eigenvalue weighted by atomic mass is 10.1. The summed E-state index contributed by atoms with van der Waals surface area (Å²) in [6.45, 7) is 1.16. The topological polar surface area (TPSA) is 101 Å². The van der Waals surface area contributed by atoms with Gasteiger partial charge in [-0.2, -0.15) is 0 Å². The molecule has 0 aliphatic carbocycles. The first-order valence-electron chi connectivity index (χ1n) is 8.06. The third-order valence-corrected chi connectivity index (χ3v) is 4.88. The first kappa shape index (κ1) is 19.1. The van der Waals surface area contributed by atoms with Crippen LogP contribution in [0.4, 0.5) is 0 Å². The maximum absolute atomic E-state index is 12.6. The van der Waals surface area contributed by atoms with Crippen molar-refractivity contribution in [2.45, 2.75) is 0 Å². The van der Waals surface area contributed by atoms with Crippen LogP contribution in [0.5, 0.6) is 17.2 Å². The molecule has 27 heavy (non-hydrogen) atoms. The first-order chi connectivity index (χ1) is 12.8. The van der Waals surface area contributed by atoms with Crippen LogP contribution >= 0.6 is 23.2 Å². The van der Waals surface area contributed by atoms with Crippen molar-refractivity contribution in [2.24, 2.45) is 0 Å². The molecule has 2 aromatic rings. The number of piperazine rings is 1. The Labute approximate surface area is 165 Å². The van der Waals surface area contributed by atoms with Crippen LogP contribution in [0.2, 0.25) is 10.0 Å². The van der Waals surface area contributed by atoms with Crippen molar-refractivity contribution >= 4 is 35.0 Å². The fraction of sp³-hybridized carbons (Fsp3) is 0.222. The number of benzene rings is 2. The highest BCUT2D eigenvalue weighted by Crippen LogP contribution is 2.35. The highest BCUT2D eigenvalue weighted by atomic mass is 35.5. The Morgan fingerprint density at radius 1 is 0.815 bits per heavy atom. The maximum atomic E-state index is 12.6.